The molecule has 0 unspecified atom stereocenters. The van der Waals surface area contributed by atoms with E-state index in [4.69, 9.17) is 4.74 Å². The summed E-state index contributed by atoms with van der Waals surface area (Å²) in [4.78, 5) is 28.5. The number of nitrogens with one attached hydrogen (secondary N) is 1. The van der Waals surface area contributed by atoms with E-state index in [1.54, 1.807) is 18.9 Å². The van der Waals surface area contributed by atoms with Crippen molar-refractivity contribution < 1.29 is 14.3 Å². The SMILES string of the molecule is COc1ccc(N2C(=O)CSC23CCN(C(=O)NC(C)(C)C)CC3)cc1. The molecule has 7 heteroatoms. The molecular formula is C19H27N3O3S. The maximum Gasteiger partial charge on any atom is 0.317 e. The van der Waals surface area contributed by atoms with E-state index in [9.17, 15) is 9.59 Å². The van der Waals surface area contributed by atoms with Crippen LogP contribution in [0.2, 0.25) is 0 Å². The molecule has 1 N–H and O–H groups in total. The number of amides is 3. The Morgan fingerprint density at radius 1 is 1.19 bits per heavy atom. The topological polar surface area (TPSA) is 61.9 Å². The molecule has 142 valence electrons. The number of methoxy groups -OCH3 is 1. The van der Waals surface area contributed by atoms with Crippen LogP contribution in [0.1, 0.15) is 33.6 Å². The minimum Gasteiger partial charge on any atom is -0.497 e. The minimum atomic E-state index is -0.260. The van der Waals surface area contributed by atoms with Gasteiger partial charge in [0, 0.05) is 24.3 Å². The molecule has 0 aromatic heterocycles. The lowest BCUT2D eigenvalue weighted by Crippen LogP contribution is -2.56. The van der Waals surface area contributed by atoms with E-state index < -0.39 is 0 Å². The van der Waals surface area contributed by atoms with Gasteiger partial charge in [0.2, 0.25) is 5.91 Å². The van der Waals surface area contributed by atoms with Crippen molar-refractivity contribution in [3.63, 3.8) is 0 Å². The molecule has 1 spiro atoms. The fraction of sp³-hybridized carbons (Fsp3) is 0.579. The first-order valence-corrected chi connectivity index (χ1v) is 9.91. The third kappa shape index (κ3) is 3.77. The number of piperidine rings is 1. The Morgan fingerprint density at radius 2 is 1.81 bits per heavy atom. The van der Waals surface area contributed by atoms with E-state index in [-0.39, 0.29) is 22.3 Å². The van der Waals surface area contributed by atoms with Crippen LogP contribution in [0.15, 0.2) is 24.3 Å². The highest BCUT2D eigenvalue weighted by atomic mass is 32.2. The Balaban J connectivity index is 1.73. The standard InChI is InChI=1S/C19H27N3O3S/c1-18(2,3)20-17(24)21-11-9-19(10-12-21)22(16(23)13-26-19)14-5-7-15(25-4)8-6-14/h5-8H,9-13H2,1-4H3,(H,20,24). The summed E-state index contributed by atoms with van der Waals surface area (Å²) in [6, 6.07) is 7.60. The number of carbonyl (C=O) groups excluding carboxylic acids is 2. The average Bonchev–Trinajstić information content (AvgIpc) is 2.90. The summed E-state index contributed by atoms with van der Waals surface area (Å²) in [5.74, 6) is 1.39. The molecule has 6 nitrogen and oxygen atoms in total. The molecule has 0 bridgehead atoms. The number of nitrogens with zero attached hydrogens (tertiary/aromatic N) is 2. The molecular weight excluding hydrogens is 350 g/mol. The Kier molecular flexibility index (Phi) is 5.10. The second kappa shape index (κ2) is 7.02. The highest BCUT2D eigenvalue weighted by Gasteiger charge is 2.49. The van der Waals surface area contributed by atoms with Crippen molar-refractivity contribution in [1.29, 1.82) is 0 Å². The number of hydrogen-bond donors (Lipinski definition) is 1. The van der Waals surface area contributed by atoms with Gasteiger partial charge >= 0.3 is 6.03 Å². The number of thioether (sulfide) groups is 1. The molecule has 2 heterocycles. The van der Waals surface area contributed by atoms with Crippen LogP contribution in [0.3, 0.4) is 0 Å². The second-order valence-corrected chi connectivity index (χ2v) is 9.17. The van der Waals surface area contributed by atoms with Crippen LogP contribution >= 0.6 is 11.8 Å². The van der Waals surface area contributed by atoms with Crippen LogP contribution in [-0.2, 0) is 4.79 Å². The summed E-state index contributed by atoms with van der Waals surface area (Å²) in [5.41, 5.74) is 0.646. The molecule has 0 radical (unpaired) electrons. The van der Waals surface area contributed by atoms with Crippen molar-refractivity contribution in [3.05, 3.63) is 24.3 Å². The number of anilines is 1. The maximum absolute atomic E-state index is 12.6. The Labute approximate surface area is 159 Å². The summed E-state index contributed by atoms with van der Waals surface area (Å²) in [7, 11) is 1.63. The summed E-state index contributed by atoms with van der Waals surface area (Å²) in [5, 5.41) is 3.02. The molecule has 0 aliphatic carbocycles. The largest absolute Gasteiger partial charge is 0.497 e. The molecule has 1 aromatic rings. The van der Waals surface area contributed by atoms with Crippen molar-refractivity contribution in [3.8, 4) is 5.75 Å². The Morgan fingerprint density at radius 3 is 2.35 bits per heavy atom. The van der Waals surface area contributed by atoms with Crippen molar-refractivity contribution in [2.45, 2.75) is 44.0 Å². The Hall–Kier alpha value is -1.89. The molecule has 2 saturated heterocycles. The van der Waals surface area contributed by atoms with Crippen molar-refractivity contribution >= 4 is 29.4 Å². The van der Waals surface area contributed by atoms with E-state index in [0.29, 0.717) is 18.8 Å². The maximum atomic E-state index is 12.6. The van der Waals surface area contributed by atoms with Gasteiger partial charge in [-0.05, 0) is 57.9 Å². The van der Waals surface area contributed by atoms with E-state index in [1.807, 2.05) is 54.8 Å². The van der Waals surface area contributed by atoms with Gasteiger partial charge in [-0.15, -0.1) is 11.8 Å². The number of benzene rings is 1. The lowest BCUT2D eigenvalue weighted by molar-refractivity contribution is -0.116. The minimum absolute atomic E-state index is 0.0299. The molecule has 26 heavy (non-hydrogen) atoms. The smallest absolute Gasteiger partial charge is 0.317 e. The van der Waals surface area contributed by atoms with Crippen LogP contribution in [0.25, 0.3) is 0 Å². The van der Waals surface area contributed by atoms with Crippen LogP contribution in [0, 0.1) is 0 Å². The number of hydrogen-bond acceptors (Lipinski definition) is 4. The third-order valence-corrected chi connectivity index (χ3v) is 6.29. The lowest BCUT2D eigenvalue weighted by atomic mass is 10.0. The first kappa shape index (κ1) is 18.9. The van der Waals surface area contributed by atoms with Gasteiger partial charge in [-0.1, -0.05) is 0 Å². The predicted molar refractivity (Wildman–Crippen MR) is 105 cm³/mol. The monoisotopic (exact) mass is 377 g/mol. The zero-order chi connectivity index (χ0) is 18.9. The predicted octanol–water partition coefficient (Wildman–Crippen LogP) is 3.08. The van der Waals surface area contributed by atoms with Gasteiger partial charge in [-0.3, -0.25) is 9.69 Å². The van der Waals surface area contributed by atoms with Crippen molar-refractivity contribution in [1.82, 2.24) is 10.2 Å². The number of carbonyl (C=O) groups is 2. The van der Waals surface area contributed by atoms with E-state index in [1.165, 1.54) is 0 Å². The van der Waals surface area contributed by atoms with Gasteiger partial charge in [0.1, 0.15) is 5.75 Å². The zero-order valence-electron chi connectivity index (χ0n) is 15.9. The Bertz CT molecular complexity index is 676. The van der Waals surface area contributed by atoms with Gasteiger partial charge in [0.25, 0.3) is 0 Å². The summed E-state index contributed by atoms with van der Waals surface area (Å²) in [6.45, 7) is 7.23. The summed E-state index contributed by atoms with van der Waals surface area (Å²) >= 11 is 1.70. The van der Waals surface area contributed by atoms with E-state index in [0.717, 1.165) is 24.3 Å². The molecule has 2 aliphatic rings. The van der Waals surface area contributed by atoms with Gasteiger partial charge in [0.15, 0.2) is 0 Å². The average molecular weight is 378 g/mol. The fourth-order valence-electron chi connectivity index (χ4n) is 3.49. The van der Waals surface area contributed by atoms with Crippen LogP contribution < -0.4 is 15.0 Å². The molecule has 2 aliphatic heterocycles. The molecule has 0 saturated carbocycles. The quantitative estimate of drug-likeness (QED) is 0.860. The van der Waals surface area contributed by atoms with Gasteiger partial charge in [0.05, 0.1) is 17.7 Å². The molecule has 1 aromatic carbocycles. The number of rotatable bonds is 2. The number of urea groups is 1. The van der Waals surface area contributed by atoms with Gasteiger partial charge < -0.3 is 15.0 Å². The summed E-state index contributed by atoms with van der Waals surface area (Å²) in [6.07, 6.45) is 1.54. The zero-order valence-corrected chi connectivity index (χ0v) is 16.7. The van der Waals surface area contributed by atoms with Gasteiger partial charge in [-0.25, -0.2) is 4.79 Å². The van der Waals surface area contributed by atoms with Crippen molar-refractivity contribution in [2.24, 2.45) is 0 Å². The molecule has 0 atom stereocenters. The normalized spacial score (nSPS) is 19.8. The fourth-order valence-corrected chi connectivity index (χ4v) is 4.82. The second-order valence-electron chi connectivity index (χ2n) is 7.83. The lowest BCUT2D eigenvalue weighted by Gasteiger charge is -2.44. The highest BCUT2D eigenvalue weighted by Crippen LogP contribution is 2.46. The van der Waals surface area contributed by atoms with Crippen LogP contribution in [0.4, 0.5) is 10.5 Å². The molecule has 3 amide bonds. The third-order valence-electron chi connectivity index (χ3n) is 4.77. The molecule has 3 rings (SSSR count). The first-order valence-electron chi connectivity index (χ1n) is 8.92. The number of likely N-dealkylation sites (tertiary alicyclic amines) is 1. The summed E-state index contributed by atoms with van der Waals surface area (Å²) < 4.78 is 5.22. The van der Waals surface area contributed by atoms with Crippen LogP contribution in [-0.4, -0.2) is 53.2 Å². The molecule has 2 fully saturated rings. The van der Waals surface area contributed by atoms with E-state index in [2.05, 4.69) is 5.32 Å². The van der Waals surface area contributed by atoms with Crippen LogP contribution in [0.5, 0.6) is 5.75 Å². The number of ether oxygens (including phenoxy) is 1. The van der Waals surface area contributed by atoms with Crippen molar-refractivity contribution in [2.75, 3.05) is 30.9 Å². The highest BCUT2D eigenvalue weighted by molar-refractivity contribution is 8.02. The first-order chi connectivity index (χ1) is 12.2. The van der Waals surface area contributed by atoms with Gasteiger partial charge in [-0.2, -0.15) is 0 Å². The van der Waals surface area contributed by atoms with E-state index >= 15 is 0 Å².